The van der Waals surface area contributed by atoms with E-state index < -0.39 is 24.3 Å². The third-order valence-electron chi connectivity index (χ3n) is 9.26. The summed E-state index contributed by atoms with van der Waals surface area (Å²) < 4.78 is 0. The van der Waals surface area contributed by atoms with Gasteiger partial charge in [-0.3, -0.25) is 19.2 Å². The fraction of sp³-hybridized carbons (Fsp3) is 0.515. The first-order chi connectivity index (χ1) is 20.8. The molecule has 1 aliphatic carbocycles. The van der Waals surface area contributed by atoms with E-state index in [1.807, 2.05) is 30.3 Å². The highest BCUT2D eigenvalue weighted by Gasteiger charge is 2.52. The largest absolute Gasteiger partial charge is 0.508 e. The molecule has 3 N–H and O–H groups in total. The summed E-state index contributed by atoms with van der Waals surface area (Å²) in [7, 11) is 1.70. The lowest BCUT2D eigenvalue weighted by Crippen LogP contribution is -2.66. The van der Waals surface area contributed by atoms with Gasteiger partial charge in [0.05, 0.1) is 12.6 Å². The molecule has 2 aromatic rings. The van der Waals surface area contributed by atoms with Crippen LogP contribution in [0.1, 0.15) is 50.2 Å². The number of amides is 4. The van der Waals surface area contributed by atoms with Gasteiger partial charge in [0.2, 0.25) is 23.6 Å². The molecule has 2 aromatic carbocycles. The Kier molecular flexibility index (Phi) is 11.3. The lowest BCUT2D eigenvalue weighted by atomic mass is 9.83. The Bertz CT molecular complexity index is 1300. The molecule has 2 saturated heterocycles. The van der Waals surface area contributed by atoms with E-state index in [1.54, 1.807) is 52.9 Å². The molecule has 4 amide bonds. The number of fused-ring (bicyclic) bond motifs is 1. The molecule has 0 unspecified atom stereocenters. The molecular formula is C33H44ClN5O5. The van der Waals surface area contributed by atoms with Gasteiger partial charge in [-0.2, -0.15) is 0 Å². The average molecular weight is 626 g/mol. The number of hydrogen-bond donors (Lipinski definition) is 3. The number of phenols is 1. The summed E-state index contributed by atoms with van der Waals surface area (Å²) >= 11 is 0. The van der Waals surface area contributed by atoms with Crippen molar-refractivity contribution in [3.63, 3.8) is 0 Å². The number of hydrogen-bond acceptors (Lipinski definition) is 6. The Hall–Kier alpha value is -3.63. The quantitative estimate of drug-likeness (QED) is 0.373. The van der Waals surface area contributed by atoms with Crippen LogP contribution in [-0.4, -0.2) is 94.4 Å². The minimum atomic E-state index is -0.781. The number of benzene rings is 2. The summed E-state index contributed by atoms with van der Waals surface area (Å²) in [4.78, 5) is 59.8. The van der Waals surface area contributed by atoms with Crippen LogP contribution in [0.25, 0.3) is 0 Å². The monoisotopic (exact) mass is 625 g/mol. The maximum atomic E-state index is 14.3. The van der Waals surface area contributed by atoms with Crippen LogP contribution < -0.4 is 10.6 Å². The highest BCUT2D eigenvalue weighted by Crippen LogP contribution is 2.32. The first-order valence-electron chi connectivity index (χ1n) is 15.5. The van der Waals surface area contributed by atoms with Crippen LogP contribution in [0.15, 0.2) is 54.6 Å². The van der Waals surface area contributed by atoms with Crippen molar-refractivity contribution >= 4 is 36.0 Å². The topological polar surface area (TPSA) is 122 Å². The second kappa shape index (κ2) is 14.9. The number of carbonyl (C=O) groups is 4. The van der Waals surface area contributed by atoms with E-state index in [-0.39, 0.29) is 67.2 Å². The summed E-state index contributed by atoms with van der Waals surface area (Å²) in [5.74, 6) is -0.810. The van der Waals surface area contributed by atoms with Crippen molar-refractivity contribution in [2.45, 2.75) is 76.2 Å². The number of nitrogens with one attached hydrogen (secondary N) is 2. The fourth-order valence-electron chi connectivity index (χ4n) is 6.65. The molecule has 10 nitrogen and oxygen atoms in total. The van der Waals surface area contributed by atoms with Gasteiger partial charge < -0.3 is 30.4 Å². The molecule has 3 fully saturated rings. The molecule has 0 bridgehead atoms. The highest BCUT2D eigenvalue weighted by molar-refractivity contribution is 5.97. The summed E-state index contributed by atoms with van der Waals surface area (Å²) in [6.07, 6.45) is 5.07. The van der Waals surface area contributed by atoms with Gasteiger partial charge in [-0.1, -0.05) is 61.7 Å². The predicted octanol–water partition coefficient (Wildman–Crippen LogP) is 2.48. The van der Waals surface area contributed by atoms with Crippen LogP contribution in [-0.2, 0) is 32.0 Å². The number of nitrogens with zero attached hydrogens (tertiary/aromatic N) is 3. The Morgan fingerprint density at radius 2 is 1.66 bits per heavy atom. The van der Waals surface area contributed by atoms with Crippen molar-refractivity contribution in [2.75, 3.05) is 26.7 Å². The van der Waals surface area contributed by atoms with Gasteiger partial charge in [0.1, 0.15) is 30.5 Å². The number of likely N-dealkylation sites (N-methyl/N-ethyl adjacent to an activating group) is 1. The number of phenolic OH excluding ortho intramolecular Hbond substituents is 1. The first kappa shape index (κ1) is 33.3. The third kappa shape index (κ3) is 7.35. The van der Waals surface area contributed by atoms with Crippen molar-refractivity contribution < 1.29 is 24.3 Å². The molecule has 44 heavy (non-hydrogen) atoms. The molecule has 0 radical (unpaired) electrons. The minimum Gasteiger partial charge on any atom is -0.508 e. The summed E-state index contributed by atoms with van der Waals surface area (Å²) in [6.45, 7) is 2.30. The maximum absolute atomic E-state index is 14.3. The molecular weight excluding hydrogens is 582 g/mol. The molecule has 3 aliphatic rings. The average Bonchev–Trinajstić information content (AvgIpc) is 3.36. The first-order valence-corrected chi connectivity index (χ1v) is 15.5. The number of carbonyl (C=O) groups excluding carboxylic acids is 4. The number of halogens is 1. The fourth-order valence-corrected chi connectivity index (χ4v) is 6.65. The number of piperazine rings is 1. The van der Waals surface area contributed by atoms with E-state index >= 15 is 0 Å². The van der Waals surface area contributed by atoms with E-state index in [2.05, 4.69) is 10.6 Å². The van der Waals surface area contributed by atoms with Gasteiger partial charge in [-0.25, -0.2) is 0 Å². The number of aromatic hydroxyl groups is 1. The van der Waals surface area contributed by atoms with Crippen molar-refractivity contribution in [2.24, 2.45) is 5.92 Å². The third-order valence-corrected chi connectivity index (χ3v) is 9.26. The zero-order valence-electron chi connectivity index (χ0n) is 25.5. The molecule has 0 aromatic heterocycles. The van der Waals surface area contributed by atoms with Crippen molar-refractivity contribution in [1.29, 1.82) is 0 Å². The second-order valence-electron chi connectivity index (χ2n) is 12.0. The lowest BCUT2D eigenvalue weighted by molar-refractivity contribution is -0.156. The van der Waals surface area contributed by atoms with Gasteiger partial charge in [-0.05, 0) is 62.4 Å². The van der Waals surface area contributed by atoms with Crippen LogP contribution in [0.2, 0.25) is 0 Å². The smallest absolute Gasteiger partial charge is 0.247 e. The molecule has 5 rings (SSSR count). The van der Waals surface area contributed by atoms with Crippen LogP contribution in [0.3, 0.4) is 0 Å². The molecule has 238 valence electrons. The van der Waals surface area contributed by atoms with E-state index in [9.17, 15) is 24.3 Å². The summed E-state index contributed by atoms with van der Waals surface area (Å²) in [6, 6.07) is 14.6. The molecule has 4 atom stereocenters. The van der Waals surface area contributed by atoms with Crippen LogP contribution in [0.4, 0.5) is 0 Å². The number of rotatable bonds is 10. The summed E-state index contributed by atoms with van der Waals surface area (Å²) in [5, 5.41) is 15.7. The molecule has 11 heteroatoms. The van der Waals surface area contributed by atoms with Gasteiger partial charge in [0.25, 0.3) is 0 Å². The van der Waals surface area contributed by atoms with Gasteiger partial charge in [0.15, 0.2) is 0 Å². The second-order valence-corrected chi connectivity index (χ2v) is 12.0. The predicted molar refractivity (Wildman–Crippen MR) is 169 cm³/mol. The molecule has 2 heterocycles. The minimum absolute atomic E-state index is 0. The van der Waals surface area contributed by atoms with Gasteiger partial charge in [-0.15, -0.1) is 12.4 Å². The van der Waals surface area contributed by atoms with Crippen LogP contribution >= 0.6 is 12.4 Å². The van der Waals surface area contributed by atoms with Gasteiger partial charge in [0, 0.05) is 13.0 Å². The normalized spacial score (nSPS) is 21.8. The SMILES string of the molecule is CN[C@@H](C)C(=O)N[C@H](C(=O)N1CC(=O)N2[C@@H]1CN(CCc1ccccc1)C(=O)[C@@H]2Cc1ccc(O)cc1)C1CCCCC1.Cl. The summed E-state index contributed by atoms with van der Waals surface area (Å²) in [5.41, 5.74) is 1.91. The van der Waals surface area contributed by atoms with Crippen molar-refractivity contribution in [3.05, 3.63) is 65.7 Å². The highest BCUT2D eigenvalue weighted by atomic mass is 35.5. The molecule has 0 spiro atoms. The van der Waals surface area contributed by atoms with E-state index in [4.69, 9.17) is 0 Å². The Morgan fingerprint density at radius 1 is 0.977 bits per heavy atom. The van der Waals surface area contributed by atoms with Crippen LogP contribution in [0.5, 0.6) is 5.75 Å². The molecule has 1 saturated carbocycles. The van der Waals surface area contributed by atoms with E-state index in [0.717, 1.165) is 43.2 Å². The van der Waals surface area contributed by atoms with Crippen LogP contribution in [0, 0.1) is 5.92 Å². The van der Waals surface area contributed by atoms with E-state index in [0.29, 0.717) is 13.0 Å². The zero-order chi connectivity index (χ0) is 30.5. The van der Waals surface area contributed by atoms with Crippen molar-refractivity contribution in [3.8, 4) is 5.75 Å². The Labute approximate surface area is 265 Å². The van der Waals surface area contributed by atoms with Crippen molar-refractivity contribution in [1.82, 2.24) is 25.3 Å². The van der Waals surface area contributed by atoms with Gasteiger partial charge >= 0.3 is 0 Å². The maximum Gasteiger partial charge on any atom is 0.247 e. The van der Waals surface area contributed by atoms with E-state index in [1.165, 1.54) is 0 Å². The Balaban J connectivity index is 0.00000442. The zero-order valence-corrected chi connectivity index (χ0v) is 26.3. The standard InChI is InChI=1S/C33H43N5O5.ClH/c1-22(34-2)31(41)35-30(25-11-7-4-8-12-25)33(43)37-21-29(40)38-27(19-24-13-15-26(39)16-14-24)32(42)36(20-28(37)38)18-17-23-9-5-3-6-10-23;/h3,5-6,9-10,13-16,22,25,27-28,30,34,39H,4,7-8,11-12,17-21H2,1-2H3,(H,35,41);1H/t22-,27-,28+,30-;/m0./s1. The lowest BCUT2D eigenvalue weighted by Gasteiger charge is -2.45. The molecule has 2 aliphatic heterocycles. The Morgan fingerprint density at radius 3 is 2.32 bits per heavy atom.